The number of carbonyl (C=O) groups is 1. The lowest BCUT2D eigenvalue weighted by atomic mass is 9.78. The van der Waals surface area contributed by atoms with Crippen molar-refractivity contribution in [2.45, 2.75) is 51.5 Å². The number of likely N-dealkylation sites (tertiary alicyclic amines) is 1. The van der Waals surface area contributed by atoms with Gasteiger partial charge in [-0.1, -0.05) is 12.8 Å². The van der Waals surface area contributed by atoms with E-state index in [1.165, 1.54) is 45.1 Å². The van der Waals surface area contributed by atoms with Gasteiger partial charge in [-0.15, -0.1) is 0 Å². The maximum absolute atomic E-state index is 11.2. The molecule has 1 saturated carbocycles. The summed E-state index contributed by atoms with van der Waals surface area (Å²) in [6.07, 6.45) is 8.27. The van der Waals surface area contributed by atoms with Crippen molar-refractivity contribution in [2.75, 3.05) is 32.9 Å². The molecular weight excluding hydrogens is 242 g/mol. The molecule has 4 nitrogen and oxygen atoms in total. The van der Waals surface area contributed by atoms with Crippen LogP contribution in [0.2, 0.25) is 0 Å². The summed E-state index contributed by atoms with van der Waals surface area (Å²) in [6, 6.07) is 0.772. The summed E-state index contributed by atoms with van der Waals surface area (Å²) in [5, 5.41) is 0. The number of piperidine rings is 1. The Morgan fingerprint density at radius 1 is 1.21 bits per heavy atom. The summed E-state index contributed by atoms with van der Waals surface area (Å²) >= 11 is 0. The predicted molar refractivity (Wildman–Crippen MR) is 74.0 cm³/mol. The molecule has 0 N–H and O–H groups in total. The van der Waals surface area contributed by atoms with Crippen LogP contribution in [-0.4, -0.2) is 49.8 Å². The monoisotopic (exact) mass is 269 g/mol. The smallest absolute Gasteiger partial charge is 0.332 e. The highest BCUT2D eigenvalue weighted by Crippen LogP contribution is 2.34. The predicted octanol–water partition coefficient (Wildman–Crippen LogP) is 2.22. The Balaban J connectivity index is 1.65. The average molecular weight is 269 g/mol. The topological polar surface area (TPSA) is 38.8 Å². The lowest BCUT2D eigenvalue weighted by molar-refractivity contribution is -0.148. The number of ether oxygens (including phenoxy) is 2. The van der Waals surface area contributed by atoms with E-state index in [9.17, 15) is 4.79 Å². The van der Waals surface area contributed by atoms with Gasteiger partial charge in [0.2, 0.25) is 0 Å². The first kappa shape index (κ1) is 14.8. The Bertz CT molecular complexity index is 281. The van der Waals surface area contributed by atoms with Crippen LogP contribution >= 0.6 is 0 Å². The van der Waals surface area contributed by atoms with Crippen molar-refractivity contribution in [3.05, 3.63) is 0 Å². The van der Waals surface area contributed by atoms with Gasteiger partial charge in [0, 0.05) is 12.6 Å². The minimum Gasteiger partial charge on any atom is -0.464 e. The maximum Gasteiger partial charge on any atom is 0.332 e. The third-order valence-electron chi connectivity index (χ3n) is 4.41. The van der Waals surface area contributed by atoms with Gasteiger partial charge in [0.15, 0.2) is 0 Å². The van der Waals surface area contributed by atoms with Gasteiger partial charge in [-0.05, 0) is 45.1 Å². The molecule has 2 unspecified atom stereocenters. The first-order valence-corrected chi connectivity index (χ1v) is 7.78. The Morgan fingerprint density at radius 2 is 2.00 bits per heavy atom. The van der Waals surface area contributed by atoms with Gasteiger partial charge in [-0.2, -0.15) is 0 Å². The van der Waals surface area contributed by atoms with Gasteiger partial charge in [0.25, 0.3) is 0 Å². The SMILES string of the molecule is CCOC(=O)COCCN1CCCC2CCCCC21. The number of nitrogens with zero attached hydrogens (tertiary/aromatic N) is 1. The van der Waals surface area contributed by atoms with Crippen LogP contribution in [0.15, 0.2) is 0 Å². The van der Waals surface area contributed by atoms with Crippen molar-refractivity contribution in [3.8, 4) is 0 Å². The molecule has 2 rings (SSSR count). The van der Waals surface area contributed by atoms with Gasteiger partial charge < -0.3 is 9.47 Å². The third kappa shape index (κ3) is 4.46. The van der Waals surface area contributed by atoms with Crippen LogP contribution in [0.5, 0.6) is 0 Å². The quantitative estimate of drug-likeness (QED) is 0.547. The molecule has 0 aromatic carbocycles. The van der Waals surface area contributed by atoms with Crippen LogP contribution in [0.3, 0.4) is 0 Å². The fourth-order valence-corrected chi connectivity index (χ4v) is 3.55. The van der Waals surface area contributed by atoms with E-state index in [2.05, 4.69) is 4.90 Å². The zero-order chi connectivity index (χ0) is 13.5. The van der Waals surface area contributed by atoms with E-state index in [1.807, 2.05) is 6.92 Å². The molecule has 1 aliphatic carbocycles. The molecule has 110 valence electrons. The van der Waals surface area contributed by atoms with E-state index < -0.39 is 0 Å². The number of hydrogen-bond acceptors (Lipinski definition) is 4. The molecule has 2 fully saturated rings. The van der Waals surface area contributed by atoms with Crippen molar-refractivity contribution in [1.29, 1.82) is 0 Å². The Morgan fingerprint density at radius 3 is 2.84 bits per heavy atom. The molecule has 0 amide bonds. The first-order chi connectivity index (χ1) is 9.31. The minimum absolute atomic E-state index is 0.0930. The number of fused-ring (bicyclic) bond motifs is 1. The second kappa shape index (κ2) is 7.85. The van der Waals surface area contributed by atoms with Crippen LogP contribution in [0, 0.1) is 5.92 Å². The fraction of sp³-hybridized carbons (Fsp3) is 0.933. The van der Waals surface area contributed by atoms with E-state index in [-0.39, 0.29) is 12.6 Å². The van der Waals surface area contributed by atoms with Crippen molar-refractivity contribution in [2.24, 2.45) is 5.92 Å². The molecule has 0 aromatic rings. The van der Waals surface area contributed by atoms with Crippen molar-refractivity contribution >= 4 is 5.97 Å². The lowest BCUT2D eigenvalue weighted by Gasteiger charge is -2.44. The highest BCUT2D eigenvalue weighted by atomic mass is 16.6. The molecule has 1 saturated heterocycles. The fourth-order valence-electron chi connectivity index (χ4n) is 3.55. The Kier molecular flexibility index (Phi) is 6.11. The van der Waals surface area contributed by atoms with Gasteiger partial charge in [0.05, 0.1) is 13.2 Å². The van der Waals surface area contributed by atoms with E-state index in [4.69, 9.17) is 9.47 Å². The van der Waals surface area contributed by atoms with Crippen molar-refractivity contribution in [1.82, 2.24) is 4.90 Å². The Labute approximate surface area is 116 Å². The minimum atomic E-state index is -0.253. The normalized spacial score (nSPS) is 27.8. The highest BCUT2D eigenvalue weighted by molar-refractivity contribution is 5.70. The molecule has 0 spiro atoms. The molecule has 2 atom stereocenters. The zero-order valence-corrected chi connectivity index (χ0v) is 12.1. The molecule has 2 aliphatic rings. The van der Waals surface area contributed by atoms with E-state index in [0.29, 0.717) is 13.2 Å². The summed E-state index contributed by atoms with van der Waals surface area (Å²) in [6.45, 7) is 5.13. The summed E-state index contributed by atoms with van der Waals surface area (Å²) < 4.78 is 10.3. The number of carbonyl (C=O) groups excluding carboxylic acids is 1. The van der Waals surface area contributed by atoms with Crippen LogP contribution in [0.25, 0.3) is 0 Å². The molecule has 19 heavy (non-hydrogen) atoms. The molecule has 0 aromatic heterocycles. The van der Waals surface area contributed by atoms with Gasteiger partial charge in [0.1, 0.15) is 6.61 Å². The summed E-state index contributed by atoms with van der Waals surface area (Å²) in [7, 11) is 0. The highest BCUT2D eigenvalue weighted by Gasteiger charge is 2.32. The van der Waals surface area contributed by atoms with Gasteiger partial charge in [-0.3, -0.25) is 4.90 Å². The average Bonchev–Trinajstić information content (AvgIpc) is 2.44. The van der Waals surface area contributed by atoms with Crippen molar-refractivity contribution in [3.63, 3.8) is 0 Å². The maximum atomic E-state index is 11.2. The summed E-state index contributed by atoms with van der Waals surface area (Å²) in [4.78, 5) is 13.7. The van der Waals surface area contributed by atoms with Gasteiger partial charge in [-0.25, -0.2) is 4.79 Å². The third-order valence-corrected chi connectivity index (χ3v) is 4.41. The molecular formula is C15H27NO3. The molecule has 0 radical (unpaired) electrons. The number of esters is 1. The standard InChI is InChI=1S/C15H27NO3/c1-2-19-15(17)12-18-11-10-16-9-5-7-13-6-3-4-8-14(13)16/h13-14H,2-12H2,1H3. The summed E-state index contributed by atoms with van der Waals surface area (Å²) in [5.74, 6) is 0.657. The largest absolute Gasteiger partial charge is 0.464 e. The first-order valence-electron chi connectivity index (χ1n) is 7.78. The van der Waals surface area contributed by atoms with E-state index in [0.717, 1.165) is 18.5 Å². The molecule has 1 heterocycles. The second-order valence-corrected chi connectivity index (χ2v) is 5.65. The van der Waals surface area contributed by atoms with Gasteiger partial charge >= 0.3 is 5.97 Å². The van der Waals surface area contributed by atoms with E-state index in [1.54, 1.807) is 0 Å². The molecule has 4 heteroatoms. The number of hydrogen-bond donors (Lipinski definition) is 0. The molecule has 0 bridgehead atoms. The Hall–Kier alpha value is -0.610. The second-order valence-electron chi connectivity index (χ2n) is 5.65. The zero-order valence-electron chi connectivity index (χ0n) is 12.1. The van der Waals surface area contributed by atoms with E-state index >= 15 is 0 Å². The van der Waals surface area contributed by atoms with Crippen LogP contribution < -0.4 is 0 Å². The summed E-state index contributed by atoms with van der Waals surface area (Å²) in [5.41, 5.74) is 0. The van der Waals surface area contributed by atoms with Crippen LogP contribution in [0.1, 0.15) is 45.4 Å². The molecule has 1 aliphatic heterocycles. The van der Waals surface area contributed by atoms with Crippen molar-refractivity contribution < 1.29 is 14.3 Å². The van der Waals surface area contributed by atoms with Crippen LogP contribution in [-0.2, 0) is 14.3 Å². The lowest BCUT2D eigenvalue weighted by Crippen LogP contribution is -2.47. The van der Waals surface area contributed by atoms with Crippen LogP contribution in [0.4, 0.5) is 0 Å². The number of rotatable bonds is 6.